The zero-order valence-corrected chi connectivity index (χ0v) is 10.2. The van der Waals surface area contributed by atoms with Crippen LogP contribution in [0, 0.1) is 0 Å². The molecule has 0 aromatic carbocycles. The van der Waals surface area contributed by atoms with Crippen molar-refractivity contribution in [1.82, 2.24) is 10.6 Å². The van der Waals surface area contributed by atoms with Crippen molar-refractivity contribution >= 4 is 0 Å². The van der Waals surface area contributed by atoms with Crippen molar-refractivity contribution < 1.29 is 0 Å². The Balaban J connectivity index is 0.000000791. The summed E-state index contributed by atoms with van der Waals surface area (Å²) in [6.07, 6.45) is 8.38. The molecule has 2 heteroatoms. The maximum Gasteiger partial charge on any atom is 0.00670 e. The lowest BCUT2D eigenvalue weighted by atomic mass is 9.95. The number of rotatable bonds is 5. The van der Waals surface area contributed by atoms with E-state index in [-0.39, 0.29) is 0 Å². The van der Waals surface area contributed by atoms with Crippen molar-refractivity contribution in [2.24, 2.45) is 0 Å². The molecule has 1 aliphatic carbocycles. The highest BCUT2D eigenvalue weighted by Gasteiger charge is 2.11. The van der Waals surface area contributed by atoms with Crippen molar-refractivity contribution in [3.8, 4) is 0 Å². The molecular weight excluding hydrogens is 172 g/mol. The zero-order chi connectivity index (χ0) is 10.6. The van der Waals surface area contributed by atoms with Gasteiger partial charge in [-0.3, -0.25) is 0 Å². The number of hydrogen-bond acceptors (Lipinski definition) is 2. The van der Waals surface area contributed by atoms with E-state index in [2.05, 4.69) is 10.6 Å². The summed E-state index contributed by atoms with van der Waals surface area (Å²) in [6, 6.07) is 0.829. The SMILES string of the molecule is CC.CNCCCNC1CCCCC1. The molecule has 0 aliphatic heterocycles. The van der Waals surface area contributed by atoms with Crippen LogP contribution in [0.25, 0.3) is 0 Å². The van der Waals surface area contributed by atoms with E-state index in [4.69, 9.17) is 0 Å². The molecule has 0 unspecified atom stereocenters. The van der Waals surface area contributed by atoms with Gasteiger partial charge in [-0.1, -0.05) is 33.1 Å². The van der Waals surface area contributed by atoms with Gasteiger partial charge in [0.05, 0.1) is 0 Å². The Morgan fingerprint density at radius 3 is 2.21 bits per heavy atom. The highest BCUT2D eigenvalue weighted by atomic mass is 14.9. The molecule has 14 heavy (non-hydrogen) atoms. The van der Waals surface area contributed by atoms with E-state index < -0.39 is 0 Å². The Hall–Kier alpha value is -0.0800. The molecule has 0 spiro atoms. The molecule has 1 rings (SSSR count). The van der Waals surface area contributed by atoms with Gasteiger partial charge >= 0.3 is 0 Å². The molecule has 0 aromatic rings. The van der Waals surface area contributed by atoms with Crippen molar-refractivity contribution in [2.75, 3.05) is 20.1 Å². The van der Waals surface area contributed by atoms with Crippen LogP contribution in [0.1, 0.15) is 52.4 Å². The van der Waals surface area contributed by atoms with Crippen LogP contribution in [0.15, 0.2) is 0 Å². The van der Waals surface area contributed by atoms with Crippen molar-refractivity contribution in [1.29, 1.82) is 0 Å². The molecule has 0 atom stereocenters. The lowest BCUT2D eigenvalue weighted by Crippen LogP contribution is -2.32. The van der Waals surface area contributed by atoms with Crippen molar-refractivity contribution in [2.45, 2.75) is 58.4 Å². The van der Waals surface area contributed by atoms with Crippen LogP contribution in [0.4, 0.5) is 0 Å². The monoisotopic (exact) mass is 200 g/mol. The molecule has 0 heterocycles. The van der Waals surface area contributed by atoms with Crippen LogP contribution < -0.4 is 10.6 Å². The minimum absolute atomic E-state index is 0.829. The normalized spacial score (nSPS) is 17.4. The van der Waals surface area contributed by atoms with Gasteiger partial charge in [0.25, 0.3) is 0 Å². The van der Waals surface area contributed by atoms with Crippen molar-refractivity contribution in [3.63, 3.8) is 0 Å². The fourth-order valence-corrected chi connectivity index (χ4v) is 1.88. The third kappa shape index (κ3) is 7.34. The summed E-state index contributed by atoms with van der Waals surface area (Å²) in [5.74, 6) is 0. The van der Waals surface area contributed by atoms with Crippen LogP contribution in [0.2, 0.25) is 0 Å². The second-order valence-electron chi connectivity index (χ2n) is 3.75. The van der Waals surface area contributed by atoms with Gasteiger partial charge in [0.1, 0.15) is 0 Å². The molecule has 0 bridgehead atoms. The minimum Gasteiger partial charge on any atom is -0.320 e. The van der Waals surface area contributed by atoms with Gasteiger partial charge in [-0.05, 0) is 39.4 Å². The average molecular weight is 200 g/mol. The Morgan fingerprint density at radius 1 is 1.00 bits per heavy atom. The fourth-order valence-electron chi connectivity index (χ4n) is 1.88. The lowest BCUT2D eigenvalue weighted by Gasteiger charge is -2.22. The second-order valence-corrected chi connectivity index (χ2v) is 3.75. The maximum atomic E-state index is 3.62. The molecule has 2 nitrogen and oxygen atoms in total. The molecule has 86 valence electrons. The standard InChI is InChI=1S/C10H22N2.C2H6/c1-11-8-5-9-12-10-6-3-2-4-7-10;1-2/h10-12H,2-9H2,1H3;1-2H3. The van der Waals surface area contributed by atoms with Crippen molar-refractivity contribution in [3.05, 3.63) is 0 Å². The van der Waals surface area contributed by atoms with Gasteiger partial charge < -0.3 is 10.6 Å². The lowest BCUT2D eigenvalue weighted by molar-refractivity contribution is 0.372. The molecule has 1 aliphatic rings. The first kappa shape index (κ1) is 13.9. The summed E-state index contributed by atoms with van der Waals surface area (Å²) in [7, 11) is 2.01. The third-order valence-corrected chi connectivity index (χ3v) is 2.64. The topological polar surface area (TPSA) is 24.1 Å². The van der Waals surface area contributed by atoms with Crippen LogP contribution in [-0.2, 0) is 0 Å². The predicted molar refractivity (Wildman–Crippen MR) is 64.8 cm³/mol. The first-order valence-electron chi connectivity index (χ1n) is 6.31. The van der Waals surface area contributed by atoms with E-state index in [1.807, 2.05) is 20.9 Å². The Bertz CT molecular complexity index is 98.5. The molecule has 0 amide bonds. The molecule has 0 aromatic heterocycles. The highest BCUT2D eigenvalue weighted by Crippen LogP contribution is 2.16. The minimum atomic E-state index is 0.829. The largest absolute Gasteiger partial charge is 0.320 e. The first-order chi connectivity index (χ1) is 6.93. The molecule has 1 saturated carbocycles. The van der Waals surface area contributed by atoms with Gasteiger partial charge in [-0.2, -0.15) is 0 Å². The van der Waals surface area contributed by atoms with Gasteiger partial charge in [0, 0.05) is 6.04 Å². The van der Waals surface area contributed by atoms with E-state index in [1.165, 1.54) is 45.1 Å². The number of hydrogen-bond donors (Lipinski definition) is 2. The van der Waals surface area contributed by atoms with E-state index in [1.54, 1.807) is 0 Å². The summed E-state index contributed by atoms with van der Waals surface area (Å²) >= 11 is 0. The van der Waals surface area contributed by atoms with E-state index in [0.717, 1.165) is 12.6 Å². The van der Waals surface area contributed by atoms with E-state index in [9.17, 15) is 0 Å². The summed E-state index contributed by atoms with van der Waals surface area (Å²) < 4.78 is 0. The summed E-state index contributed by atoms with van der Waals surface area (Å²) in [5, 5.41) is 6.78. The quantitative estimate of drug-likeness (QED) is 0.666. The predicted octanol–water partition coefficient (Wildman–Crippen LogP) is 2.54. The van der Waals surface area contributed by atoms with Gasteiger partial charge in [-0.25, -0.2) is 0 Å². The Morgan fingerprint density at radius 2 is 1.64 bits per heavy atom. The smallest absolute Gasteiger partial charge is 0.00670 e. The summed E-state index contributed by atoms with van der Waals surface area (Å²) in [6.45, 7) is 6.32. The van der Waals surface area contributed by atoms with Crippen LogP contribution in [0.3, 0.4) is 0 Å². The zero-order valence-electron chi connectivity index (χ0n) is 10.2. The summed E-state index contributed by atoms with van der Waals surface area (Å²) in [5.41, 5.74) is 0. The Labute approximate surface area is 89.9 Å². The maximum absolute atomic E-state index is 3.62. The van der Waals surface area contributed by atoms with Gasteiger partial charge in [0.15, 0.2) is 0 Å². The van der Waals surface area contributed by atoms with Crippen LogP contribution >= 0.6 is 0 Å². The van der Waals surface area contributed by atoms with E-state index >= 15 is 0 Å². The molecular formula is C12H28N2. The second kappa shape index (κ2) is 11.0. The average Bonchev–Trinajstić information content (AvgIpc) is 2.29. The molecule has 0 radical (unpaired) electrons. The first-order valence-corrected chi connectivity index (χ1v) is 6.31. The summed E-state index contributed by atoms with van der Waals surface area (Å²) in [4.78, 5) is 0. The Kier molecular flexibility index (Phi) is 10.9. The van der Waals surface area contributed by atoms with Gasteiger partial charge in [0.2, 0.25) is 0 Å². The third-order valence-electron chi connectivity index (χ3n) is 2.64. The molecule has 0 saturated heterocycles. The molecule has 2 N–H and O–H groups in total. The number of nitrogens with one attached hydrogen (secondary N) is 2. The van der Waals surface area contributed by atoms with E-state index in [0.29, 0.717) is 0 Å². The highest BCUT2D eigenvalue weighted by molar-refractivity contribution is 4.71. The van der Waals surface area contributed by atoms with Crippen LogP contribution in [-0.4, -0.2) is 26.2 Å². The van der Waals surface area contributed by atoms with Gasteiger partial charge in [-0.15, -0.1) is 0 Å². The van der Waals surface area contributed by atoms with Crippen LogP contribution in [0.5, 0.6) is 0 Å². The fraction of sp³-hybridized carbons (Fsp3) is 1.00. The molecule has 1 fully saturated rings.